The second-order valence-corrected chi connectivity index (χ2v) is 16.6. The van der Waals surface area contributed by atoms with Gasteiger partial charge in [0, 0.05) is 32.4 Å². The minimum atomic E-state index is -0.802. The van der Waals surface area contributed by atoms with Crippen LogP contribution < -0.4 is 0 Å². The normalized spacial score (nSPS) is 11.9. The van der Waals surface area contributed by atoms with Gasteiger partial charge in [-0.15, -0.1) is 0 Å². The Balaban J connectivity index is 4.43. The van der Waals surface area contributed by atoms with E-state index in [1.165, 1.54) is 116 Å². The van der Waals surface area contributed by atoms with Crippen LogP contribution in [0.2, 0.25) is 0 Å². The molecule has 0 unspecified atom stereocenters. The van der Waals surface area contributed by atoms with Crippen LogP contribution in [0.25, 0.3) is 0 Å². The molecule has 0 aromatic rings. The van der Waals surface area contributed by atoms with Gasteiger partial charge in [-0.05, 0) is 97.3 Å². The first-order chi connectivity index (χ1) is 28.4. The van der Waals surface area contributed by atoms with Crippen molar-refractivity contribution in [2.75, 3.05) is 53.0 Å². The Bertz CT molecular complexity index is 925. The molecule has 0 heterocycles. The summed E-state index contributed by atoms with van der Waals surface area (Å²) in [6.07, 6.45) is 41.4. The summed E-state index contributed by atoms with van der Waals surface area (Å²) in [6, 6.07) is 0. The average molecular weight is 819 g/mol. The van der Waals surface area contributed by atoms with Gasteiger partial charge in [0.05, 0.1) is 0 Å². The molecule has 0 spiro atoms. The lowest BCUT2D eigenvalue weighted by molar-refractivity contribution is -0.167. The molecule has 0 aliphatic heterocycles. The fraction of sp³-hybridized carbons (Fsp3) is 0.860. The molecule has 0 fully saturated rings. The molecule has 8 heteroatoms. The number of allylic oxidation sites excluding steroid dienone is 4. The highest BCUT2D eigenvalue weighted by molar-refractivity contribution is 5.71. The topological polar surface area (TPSA) is 85.4 Å². The minimum absolute atomic E-state index is 0.0971. The predicted octanol–water partition coefficient (Wildman–Crippen LogP) is 13.1. The van der Waals surface area contributed by atoms with E-state index in [0.717, 1.165) is 84.1 Å². The lowest BCUT2D eigenvalue weighted by atomic mass is 10.1. The SMILES string of the molecule is CCCCCCCC/C=C\CCCCCCCC(=O)OCC(COC(=O)CCCCCCC/C=C\CCCCCCCC)OC(=O)CCCN(C)CCN(CC)CC. The van der Waals surface area contributed by atoms with Crippen molar-refractivity contribution in [2.24, 2.45) is 0 Å². The highest BCUT2D eigenvalue weighted by Gasteiger charge is 2.20. The van der Waals surface area contributed by atoms with E-state index < -0.39 is 6.10 Å². The van der Waals surface area contributed by atoms with E-state index in [1.54, 1.807) is 0 Å². The molecular formula is C50H94N2O6. The lowest BCUT2D eigenvalue weighted by Crippen LogP contribution is -2.34. The van der Waals surface area contributed by atoms with Crippen molar-refractivity contribution in [3.63, 3.8) is 0 Å². The molecule has 0 aromatic heterocycles. The van der Waals surface area contributed by atoms with E-state index in [4.69, 9.17) is 14.2 Å². The van der Waals surface area contributed by atoms with Crippen molar-refractivity contribution in [3.8, 4) is 0 Å². The number of unbranched alkanes of at least 4 members (excludes halogenated alkanes) is 22. The van der Waals surface area contributed by atoms with Crippen LogP contribution in [0.15, 0.2) is 24.3 Å². The molecule has 0 rings (SSSR count). The third kappa shape index (κ3) is 40.6. The van der Waals surface area contributed by atoms with Crippen molar-refractivity contribution in [2.45, 2.75) is 226 Å². The van der Waals surface area contributed by atoms with Crippen molar-refractivity contribution in [1.82, 2.24) is 9.80 Å². The summed E-state index contributed by atoms with van der Waals surface area (Å²) in [5.74, 6) is -0.954. The molecule has 0 amide bonds. The summed E-state index contributed by atoms with van der Waals surface area (Å²) in [5, 5.41) is 0. The zero-order valence-corrected chi connectivity index (χ0v) is 38.9. The van der Waals surface area contributed by atoms with E-state index in [0.29, 0.717) is 19.3 Å². The lowest BCUT2D eigenvalue weighted by Gasteiger charge is -2.23. The van der Waals surface area contributed by atoms with Crippen LogP contribution in [-0.2, 0) is 28.6 Å². The van der Waals surface area contributed by atoms with Crippen LogP contribution in [0.1, 0.15) is 220 Å². The Morgan fingerprint density at radius 2 is 0.793 bits per heavy atom. The molecule has 0 bridgehead atoms. The van der Waals surface area contributed by atoms with Gasteiger partial charge in [-0.2, -0.15) is 0 Å². The van der Waals surface area contributed by atoms with Crippen molar-refractivity contribution in [3.05, 3.63) is 24.3 Å². The second kappa shape index (κ2) is 44.4. The van der Waals surface area contributed by atoms with Crippen molar-refractivity contribution < 1.29 is 28.6 Å². The molecule has 0 radical (unpaired) electrons. The zero-order valence-electron chi connectivity index (χ0n) is 38.9. The Labute approximate surface area is 359 Å². The summed E-state index contributed by atoms with van der Waals surface area (Å²) in [5.41, 5.74) is 0. The molecule has 0 atom stereocenters. The number of carbonyl (C=O) groups is 3. The van der Waals surface area contributed by atoms with Gasteiger partial charge in [0.15, 0.2) is 6.10 Å². The number of rotatable bonds is 44. The molecule has 58 heavy (non-hydrogen) atoms. The summed E-state index contributed by atoms with van der Waals surface area (Å²) in [4.78, 5) is 42.6. The maximum Gasteiger partial charge on any atom is 0.306 e. The summed E-state index contributed by atoms with van der Waals surface area (Å²) in [6.45, 7) is 13.5. The van der Waals surface area contributed by atoms with Gasteiger partial charge >= 0.3 is 17.9 Å². The van der Waals surface area contributed by atoms with Crippen molar-refractivity contribution >= 4 is 17.9 Å². The highest BCUT2D eigenvalue weighted by atomic mass is 16.6. The number of likely N-dealkylation sites (N-methyl/N-ethyl adjacent to an activating group) is 2. The minimum Gasteiger partial charge on any atom is -0.462 e. The molecule has 340 valence electrons. The number of hydrogen-bond donors (Lipinski definition) is 0. The number of hydrogen-bond acceptors (Lipinski definition) is 8. The second-order valence-electron chi connectivity index (χ2n) is 16.6. The van der Waals surface area contributed by atoms with Crippen LogP contribution in [0, 0.1) is 0 Å². The van der Waals surface area contributed by atoms with Gasteiger partial charge in [-0.1, -0.05) is 155 Å². The smallest absolute Gasteiger partial charge is 0.306 e. The van der Waals surface area contributed by atoms with E-state index in [-0.39, 0.29) is 37.5 Å². The molecule has 0 N–H and O–H groups in total. The summed E-state index contributed by atoms with van der Waals surface area (Å²) < 4.78 is 16.8. The average Bonchev–Trinajstić information content (AvgIpc) is 3.22. The Kier molecular flexibility index (Phi) is 42.7. The number of nitrogens with zero attached hydrogens (tertiary/aromatic N) is 2. The zero-order chi connectivity index (χ0) is 42.6. The Hall–Kier alpha value is -2.19. The highest BCUT2D eigenvalue weighted by Crippen LogP contribution is 2.13. The molecule has 0 saturated heterocycles. The van der Waals surface area contributed by atoms with Gasteiger partial charge in [0.25, 0.3) is 0 Å². The van der Waals surface area contributed by atoms with Gasteiger partial charge in [-0.3, -0.25) is 14.4 Å². The third-order valence-corrected chi connectivity index (χ3v) is 11.1. The monoisotopic (exact) mass is 819 g/mol. The predicted molar refractivity (Wildman–Crippen MR) is 245 cm³/mol. The molecule has 0 saturated carbocycles. The first-order valence-electron chi connectivity index (χ1n) is 24.6. The molecule has 0 aliphatic carbocycles. The Morgan fingerprint density at radius 3 is 1.19 bits per heavy atom. The first kappa shape index (κ1) is 55.8. The van der Waals surface area contributed by atoms with Crippen LogP contribution in [0.4, 0.5) is 0 Å². The van der Waals surface area contributed by atoms with Crippen LogP contribution in [0.3, 0.4) is 0 Å². The fourth-order valence-corrected chi connectivity index (χ4v) is 7.01. The quantitative estimate of drug-likeness (QED) is 0.0260. The third-order valence-electron chi connectivity index (χ3n) is 11.1. The maximum absolute atomic E-state index is 12.8. The van der Waals surface area contributed by atoms with Crippen molar-refractivity contribution in [1.29, 1.82) is 0 Å². The van der Waals surface area contributed by atoms with E-state index in [1.807, 2.05) is 0 Å². The summed E-state index contributed by atoms with van der Waals surface area (Å²) in [7, 11) is 2.07. The summed E-state index contributed by atoms with van der Waals surface area (Å²) >= 11 is 0. The maximum atomic E-state index is 12.8. The fourth-order valence-electron chi connectivity index (χ4n) is 7.01. The van der Waals surface area contributed by atoms with Crippen LogP contribution >= 0.6 is 0 Å². The molecule has 0 aromatic carbocycles. The molecule has 8 nitrogen and oxygen atoms in total. The molecule has 0 aliphatic rings. The number of carbonyl (C=O) groups excluding carboxylic acids is 3. The Morgan fingerprint density at radius 1 is 0.431 bits per heavy atom. The van der Waals surface area contributed by atoms with Gasteiger partial charge in [-0.25, -0.2) is 0 Å². The van der Waals surface area contributed by atoms with E-state index in [9.17, 15) is 14.4 Å². The first-order valence-corrected chi connectivity index (χ1v) is 24.6. The number of ether oxygens (including phenoxy) is 3. The van der Waals surface area contributed by atoms with Crippen LogP contribution in [-0.4, -0.2) is 86.8 Å². The largest absolute Gasteiger partial charge is 0.462 e. The standard InChI is InChI=1S/C50H94N2O6/c1-6-10-12-14-16-18-20-22-24-26-28-30-32-34-36-39-48(53)56-45-47(58-50(55)41-38-42-51(5)43-44-52(8-3)9-4)46-57-49(54)40-37-35-33-31-29-27-25-23-21-19-17-15-13-11-7-2/h22-25,47H,6-21,26-46H2,1-5H3/b24-22-,25-23-. The van der Waals surface area contributed by atoms with Gasteiger partial charge < -0.3 is 24.0 Å². The van der Waals surface area contributed by atoms with Gasteiger partial charge in [0.1, 0.15) is 13.2 Å². The molecular weight excluding hydrogens is 725 g/mol. The van der Waals surface area contributed by atoms with Gasteiger partial charge in [0.2, 0.25) is 0 Å². The van der Waals surface area contributed by atoms with E-state index >= 15 is 0 Å². The number of esters is 3. The van der Waals surface area contributed by atoms with E-state index in [2.05, 4.69) is 68.8 Å². The van der Waals surface area contributed by atoms with Crippen LogP contribution in [0.5, 0.6) is 0 Å².